The van der Waals surface area contributed by atoms with Crippen LogP contribution >= 0.6 is 0 Å². The fraction of sp³-hybridized carbons (Fsp3) is 0.312. The van der Waals surface area contributed by atoms with E-state index in [1.807, 2.05) is 0 Å². The van der Waals surface area contributed by atoms with Crippen LogP contribution in [-0.4, -0.2) is 0 Å². The van der Waals surface area contributed by atoms with Gasteiger partial charge in [0.15, 0.2) is 12.4 Å². The molecular formula is C16H20N+. The van der Waals surface area contributed by atoms with E-state index in [0.29, 0.717) is 0 Å². The van der Waals surface area contributed by atoms with Crippen molar-refractivity contribution in [1.82, 2.24) is 0 Å². The molecular weight excluding hydrogens is 206 g/mol. The SMILES string of the molecule is CC[n+]1ccc(CCCc2ccccc2)cc1. The fourth-order valence-corrected chi connectivity index (χ4v) is 2.01. The van der Waals surface area contributed by atoms with Gasteiger partial charge in [0.1, 0.15) is 6.54 Å². The van der Waals surface area contributed by atoms with Gasteiger partial charge in [-0.25, -0.2) is 4.57 Å². The van der Waals surface area contributed by atoms with E-state index < -0.39 is 0 Å². The van der Waals surface area contributed by atoms with Crippen LogP contribution < -0.4 is 4.57 Å². The summed E-state index contributed by atoms with van der Waals surface area (Å²) in [4.78, 5) is 0. The van der Waals surface area contributed by atoms with Gasteiger partial charge in [-0.05, 0) is 37.3 Å². The van der Waals surface area contributed by atoms with Crippen molar-refractivity contribution >= 4 is 0 Å². The van der Waals surface area contributed by atoms with Crippen molar-refractivity contribution in [2.24, 2.45) is 0 Å². The van der Waals surface area contributed by atoms with Crippen molar-refractivity contribution in [3.63, 3.8) is 0 Å². The van der Waals surface area contributed by atoms with Gasteiger partial charge in [-0.1, -0.05) is 30.3 Å². The van der Waals surface area contributed by atoms with Crippen LogP contribution in [0.15, 0.2) is 54.9 Å². The van der Waals surface area contributed by atoms with Gasteiger partial charge in [-0.2, -0.15) is 0 Å². The first-order valence-electron chi connectivity index (χ1n) is 6.40. The molecule has 0 radical (unpaired) electrons. The Balaban J connectivity index is 1.82. The summed E-state index contributed by atoms with van der Waals surface area (Å²) in [5.41, 5.74) is 2.87. The summed E-state index contributed by atoms with van der Waals surface area (Å²) in [6, 6.07) is 15.2. The van der Waals surface area contributed by atoms with Gasteiger partial charge >= 0.3 is 0 Å². The molecule has 0 saturated heterocycles. The molecule has 0 aliphatic rings. The van der Waals surface area contributed by atoms with Crippen molar-refractivity contribution in [2.45, 2.75) is 32.7 Å². The Morgan fingerprint density at radius 2 is 1.41 bits per heavy atom. The topological polar surface area (TPSA) is 3.88 Å². The summed E-state index contributed by atoms with van der Waals surface area (Å²) in [6.07, 6.45) is 7.89. The maximum atomic E-state index is 2.23. The highest BCUT2D eigenvalue weighted by atomic mass is 14.9. The van der Waals surface area contributed by atoms with Crippen molar-refractivity contribution in [3.05, 3.63) is 66.0 Å². The lowest BCUT2D eigenvalue weighted by molar-refractivity contribution is -0.693. The normalized spacial score (nSPS) is 10.4. The third-order valence-corrected chi connectivity index (χ3v) is 3.10. The number of aromatic nitrogens is 1. The number of nitrogens with zero attached hydrogens (tertiary/aromatic N) is 1. The Labute approximate surface area is 104 Å². The molecule has 0 aliphatic carbocycles. The van der Waals surface area contributed by atoms with Crippen LogP contribution in [-0.2, 0) is 19.4 Å². The second-order valence-electron chi connectivity index (χ2n) is 4.38. The van der Waals surface area contributed by atoms with E-state index in [1.165, 1.54) is 30.4 Å². The molecule has 88 valence electrons. The molecule has 2 aromatic rings. The lowest BCUT2D eigenvalue weighted by Crippen LogP contribution is -2.30. The van der Waals surface area contributed by atoms with Gasteiger partial charge in [-0.15, -0.1) is 0 Å². The van der Waals surface area contributed by atoms with E-state index in [0.717, 1.165) is 6.54 Å². The van der Waals surface area contributed by atoms with Gasteiger partial charge in [0.05, 0.1) is 0 Å². The van der Waals surface area contributed by atoms with Crippen LogP contribution in [0.5, 0.6) is 0 Å². The highest BCUT2D eigenvalue weighted by Crippen LogP contribution is 2.06. The van der Waals surface area contributed by atoms with Crippen LogP contribution in [0, 0.1) is 0 Å². The Kier molecular flexibility index (Phi) is 4.31. The summed E-state index contributed by atoms with van der Waals surface area (Å²) in [5.74, 6) is 0. The number of pyridine rings is 1. The minimum absolute atomic E-state index is 1.05. The number of hydrogen-bond acceptors (Lipinski definition) is 0. The zero-order chi connectivity index (χ0) is 11.9. The Morgan fingerprint density at radius 3 is 2.00 bits per heavy atom. The first kappa shape index (κ1) is 11.8. The summed E-state index contributed by atoms with van der Waals surface area (Å²) >= 11 is 0. The van der Waals surface area contributed by atoms with Gasteiger partial charge in [0.2, 0.25) is 0 Å². The molecule has 0 spiro atoms. The highest BCUT2D eigenvalue weighted by molar-refractivity contribution is 5.15. The molecule has 0 amide bonds. The molecule has 0 saturated carbocycles. The molecule has 1 aromatic heterocycles. The molecule has 0 atom stereocenters. The fourth-order valence-electron chi connectivity index (χ4n) is 2.01. The molecule has 2 rings (SSSR count). The van der Waals surface area contributed by atoms with Crippen LogP contribution in [0.4, 0.5) is 0 Å². The molecule has 0 fully saturated rings. The van der Waals surface area contributed by atoms with Gasteiger partial charge < -0.3 is 0 Å². The molecule has 1 aromatic carbocycles. The van der Waals surface area contributed by atoms with Crippen LogP contribution in [0.25, 0.3) is 0 Å². The average molecular weight is 226 g/mol. The summed E-state index contributed by atoms with van der Waals surface area (Å²) in [6.45, 7) is 3.21. The Hall–Kier alpha value is -1.63. The summed E-state index contributed by atoms with van der Waals surface area (Å²) in [5, 5.41) is 0. The second kappa shape index (κ2) is 6.19. The lowest BCUT2D eigenvalue weighted by atomic mass is 10.1. The molecule has 0 aliphatic heterocycles. The van der Waals surface area contributed by atoms with Crippen molar-refractivity contribution in [2.75, 3.05) is 0 Å². The molecule has 1 heteroatoms. The minimum Gasteiger partial charge on any atom is -0.205 e. The molecule has 0 unspecified atom stereocenters. The lowest BCUT2D eigenvalue weighted by Gasteiger charge is -2.01. The molecule has 17 heavy (non-hydrogen) atoms. The first-order valence-corrected chi connectivity index (χ1v) is 6.40. The van der Waals surface area contributed by atoms with E-state index in [-0.39, 0.29) is 0 Å². The number of aryl methyl sites for hydroxylation is 3. The van der Waals surface area contributed by atoms with Gasteiger partial charge in [0.25, 0.3) is 0 Å². The molecule has 1 heterocycles. The van der Waals surface area contributed by atoms with Crippen molar-refractivity contribution in [1.29, 1.82) is 0 Å². The third kappa shape index (κ3) is 3.70. The predicted octanol–water partition coefficient (Wildman–Crippen LogP) is 3.17. The van der Waals surface area contributed by atoms with E-state index in [1.54, 1.807) is 0 Å². The second-order valence-corrected chi connectivity index (χ2v) is 4.38. The number of rotatable bonds is 5. The highest BCUT2D eigenvalue weighted by Gasteiger charge is 1.98. The maximum absolute atomic E-state index is 2.23. The van der Waals surface area contributed by atoms with Crippen LogP contribution in [0.2, 0.25) is 0 Å². The quantitative estimate of drug-likeness (QED) is 0.689. The van der Waals surface area contributed by atoms with E-state index in [2.05, 4.69) is 66.3 Å². The van der Waals surface area contributed by atoms with Gasteiger partial charge in [0, 0.05) is 12.1 Å². The summed E-state index contributed by atoms with van der Waals surface area (Å²) < 4.78 is 2.20. The molecule has 0 N–H and O–H groups in total. The smallest absolute Gasteiger partial charge is 0.169 e. The monoisotopic (exact) mass is 226 g/mol. The van der Waals surface area contributed by atoms with Crippen LogP contribution in [0.1, 0.15) is 24.5 Å². The first-order chi connectivity index (χ1) is 8.38. The zero-order valence-corrected chi connectivity index (χ0v) is 10.5. The minimum atomic E-state index is 1.05. The number of hydrogen-bond donors (Lipinski definition) is 0. The molecule has 1 nitrogen and oxygen atoms in total. The maximum Gasteiger partial charge on any atom is 0.169 e. The number of benzene rings is 1. The average Bonchev–Trinajstić information content (AvgIpc) is 2.41. The Bertz CT molecular complexity index is 431. The largest absolute Gasteiger partial charge is 0.205 e. The van der Waals surface area contributed by atoms with Crippen molar-refractivity contribution in [3.8, 4) is 0 Å². The molecule has 0 bridgehead atoms. The van der Waals surface area contributed by atoms with Gasteiger partial charge in [-0.3, -0.25) is 0 Å². The summed E-state index contributed by atoms with van der Waals surface area (Å²) in [7, 11) is 0. The standard InChI is InChI=1S/C16H20N/c1-2-17-13-11-16(12-14-17)10-6-9-15-7-4-3-5-8-15/h3-5,7-8,11-14H,2,6,9-10H2,1H3/q+1. The van der Waals surface area contributed by atoms with E-state index in [9.17, 15) is 0 Å². The van der Waals surface area contributed by atoms with Crippen LogP contribution in [0.3, 0.4) is 0 Å². The van der Waals surface area contributed by atoms with E-state index in [4.69, 9.17) is 0 Å². The zero-order valence-electron chi connectivity index (χ0n) is 10.5. The van der Waals surface area contributed by atoms with Crippen molar-refractivity contribution < 1.29 is 4.57 Å². The Morgan fingerprint density at radius 1 is 0.824 bits per heavy atom. The third-order valence-electron chi connectivity index (χ3n) is 3.10. The predicted molar refractivity (Wildman–Crippen MR) is 70.8 cm³/mol. The van der Waals surface area contributed by atoms with E-state index >= 15 is 0 Å².